The number of thiazole rings is 1. The maximum atomic E-state index is 12.1. The number of aromatic nitrogens is 1. The quantitative estimate of drug-likeness (QED) is 0.762. The number of anilines is 1. The highest BCUT2D eigenvalue weighted by Gasteiger charge is 2.25. The third-order valence-corrected chi connectivity index (χ3v) is 5.12. The Morgan fingerprint density at radius 2 is 1.95 bits per heavy atom. The molecule has 3 N–H and O–H groups in total. The van der Waals surface area contributed by atoms with E-state index in [0.29, 0.717) is 5.56 Å². The van der Waals surface area contributed by atoms with Crippen molar-refractivity contribution in [3.63, 3.8) is 0 Å². The van der Waals surface area contributed by atoms with Crippen LogP contribution in [-0.4, -0.2) is 29.6 Å². The van der Waals surface area contributed by atoms with Crippen LogP contribution in [0.2, 0.25) is 0 Å². The summed E-state index contributed by atoms with van der Waals surface area (Å²) in [5, 5.41) is 17.8. The molecule has 0 bridgehead atoms. The number of hydrogen-bond donors (Lipinski definition) is 3. The predicted octanol–water partition coefficient (Wildman–Crippen LogP) is 1.13. The van der Waals surface area contributed by atoms with Gasteiger partial charge in [0, 0.05) is 5.69 Å². The standard InChI is InChI=1S/C11H10N2O5S2/c14-5-7-1-3-8(4-2-7)13-20(17,18)11-9(10(15)16)12-6-19-11/h1-4,6,13-14H,5H2,(H,15,16). The van der Waals surface area contributed by atoms with Crippen LogP contribution in [0.15, 0.2) is 34.0 Å². The van der Waals surface area contributed by atoms with Crippen molar-refractivity contribution in [2.24, 2.45) is 0 Å². The maximum Gasteiger partial charge on any atom is 0.356 e. The first-order chi connectivity index (χ1) is 9.44. The zero-order valence-electron chi connectivity index (χ0n) is 9.98. The van der Waals surface area contributed by atoms with Gasteiger partial charge in [-0.3, -0.25) is 4.72 Å². The Bertz CT molecular complexity index is 722. The molecule has 106 valence electrons. The minimum atomic E-state index is -4.00. The molecular formula is C11H10N2O5S2. The molecule has 0 spiro atoms. The molecule has 1 heterocycles. The van der Waals surface area contributed by atoms with Crippen molar-refractivity contribution in [3.8, 4) is 0 Å². The van der Waals surface area contributed by atoms with Crippen LogP contribution in [0.5, 0.6) is 0 Å². The fourth-order valence-corrected chi connectivity index (χ4v) is 3.65. The lowest BCUT2D eigenvalue weighted by Gasteiger charge is -2.07. The molecule has 1 aromatic carbocycles. The average Bonchev–Trinajstić information content (AvgIpc) is 2.89. The van der Waals surface area contributed by atoms with E-state index in [4.69, 9.17) is 10.2 Å². The van der Waals surface area contributed by atoms with Gasteiger partial charge in [0.05, 0.1) is 12.1 Å². The first-order valence-corrected chi connectivity index (χ1v) is 7.69. The summed E-state index contributed by atoms with van der Waals surface area (Å²) >= 11 is 0.729. The number of carboxylic acid groups (broad SMARTS) is 1. The van der Waals surface area contributed by atoms with Crippen LogP contribution in [0.3, 0.4) is 0 Å². The van der Waals surface area contributed by atoms with Gasteiger partial charge >= 0.3 is 5.97 Å². The van der Waals surface area contributed by atoms with Crippen LogP contribution in [0, 0.1) is 0 Å². The SMILES string of the molecule is O=C(O)c1ncsc1S(=O)(=O)Nc1ccc(CO)cc1. The smallest absolute Gasteiger partial charge is 0.356 e. The number of carboxylic acids is 1. The van der Waals surface area contributed by atoms with Gasteiger partial charge in [-0.15, -0.1) is 11.3 Å². The van der Waals surface area contributed by atoms with Crippen LogP contribution in [0.1, 0.15) is 16.1 Å². The highest BCUT2D eigenvalue weighted by molar-refractivity contribution is 7.94. The molecule has 0 radical (unpaired) electrons. The van der Waals surface area contributed by atoms with Gasteiger partial charge in [-0.1, -0.05) is 12.1 Å². The van der Waals surface area contributed by atoms with Crippen LogP contribution in [-0.2, 0) is 16.6 Å². The van der Waals surface area contributed by atoms with Gasteiger partial charge in [0.1, 0.15) is 0 Å². The zero-order chi connectivity index (χ0) is 14.8. The molecular weight excluding hydrogens is 304 g/mol. The van der Waals surface area contributed by atoms with E-state index in [9.17, 15) is 13.2 Å². The highest BCUT2D eigenvalue weighted by atomic mass is 32.2. The number of rotatable bonds is 5. The Balaban J connectivity index is 2.30. The summed E-state index contributed by atoms with van der Waals surface area (Å²) in [4.78, 5) is 14.4. The Labute approximate surface area is 118 Å². The largest absolute Gasteiger partial charge is 0.476 e. The third kappa shape index (κ3) is 2.95. The summed E-state index contributed by atoms with van der Waals surface area (Å²) in [6, 6.07) is 6.07. The van der Waals surface area contributed by atoms with Crippen molar-refractivity contribution in [1.82, 2.24) is 4.98 Å². The van der Waals surface area contributed by atoms with Crippen molar-refractivity contribution in [3.05, 3.63) is 41.0 Å². The van der Waals surface area contributed by atoms with E-state index in [2.05, 4.69) is 9.71 Å². The Morgan fingerprint density at radius 1 is 1.30 bits per heavy atom. The van der Waals surface area contributed by atoms with E-state index in [1.54, 1.807) is 12.1 Å². The Morgan fingerprint density at radius 3 is 2.50 bits per heavy atom. The second-order valence-electron chi connectivity index (χ2n) is 3.75. The fourth-order valence-electron chi connectivity index (χ4n) is 1.45. The molecule has 0 saturated heterocycles. The van der Waals surface area contributed by atoms with Crippen LogP contribution in [0.4, 0.5) is 5.69 Å². The molecule has 20 heavy (non-hydrogen) atoms. The van der Waals surface area contributed by atoms with Gasteiger partial charge in [-0.05, 0) is 17.7 Å². The van der Waals surface area contributed by atoms with Crippen LogP contribution < -0.4 is 4.72 Å². The van der Waals surface area contributed by atoms with Crippen LogP contribution in [0.25, 0.3) is 0 Å². The molecule has 7 nitrogen and oxygen atoms in total. The normalized spacial score (nSPS) is 11.2. The lowest BCUT2D eigenvalue weighted by molar-refractivity contribution is 0.0687. The molecule has 2 aromatic rings. The molecule has 0 aliphatic heterocycles. The molecule has 2 rings (SSSR count). The minimum absolute atomic E-state index is 0.148. The summed E-state index contributed by atoms with van der Waals surface area (Å²) in [6.45, 7) is -0.148. The number of hydrogen-bond acceptors (Lipinski definition) is 6. The molecule has 0 aliphatic rings. The highest BCUT2D eigenvalue weighted by Crippen LogP contribution is 2.23. The van der Waals surface area contributed by atoms with E-state index in [-0.39, 0.29) is 16.5 Å². The third-order valence-electron chi connectivity index (χ3n) is 2.37. The van der Waals surface area contributed by atoms with Crippen molar-refractivity contribution in [1.29, 1.82) is 0 Å². The van der Waals surface area contributed by atoms with E-state index in [1.165, 1.54) is 12.1 Å². The van der Waals surface area contributed by atoms with E-state index in [1.807, 2.05) is 0 Å². The maximum absolute atomic E-state index is 12.1. The zero-order valence-corrected chi connectivity index (χ0v) is 11.6. The molecule has 0 amide bonds. The van der Waals surface area contributed by atoms with Crippen molar-refractivity contribution >= 4 is 33.0 Å². The monoisotopic (exact) mass is 314 g/mol. The molecule has 0 aliphatic carbocycles. The van der Waals surface area contributed by atoms with E-state index >= 15 is 0 Å². The van der Waals surface area contributed by atoms with Gasteiger partial charge in [0.25, 0.3) is 10.0 Å². The molecule has 0 fully saturated rings. The first-order valence-electron chi connectivity index (χ1n) is 5.33. The lowest BCUT2D eigenvalue weighted by Crippen LogP contribution is -2.15. The summed E-state index contributed by atoms with van der Waals surface area (Å²) in [7, 11) is -4.00. The number of sulfonamides is 1. The number of aliphatic hydroxyl groups is 1. The average molecular weight is 314 g/mol. The topological polar surface area (TPSA) is 117 Å². The molecule has 0 saturated carbocycles. The second-order valence-corrected chi connectivity index (χ2v) is 6.49. The number of nitrogens with one attached hydrogen (secondary N) is 1. The van der Waals surface area contributed by atoms with Crippen molar-refractivity contribution in [2.75, 3.05) is 4.72 Å². The van der Waals surface area contributed by atoms with Gasteiger partial charge in [0.2, 0.25) is 0 Å². The molecule has 0 unspecified atom stereocenters. The Hall–Kier alpha value is -1.97. The summed E-state index contributed by atoms with van der Waals surface area (Å²) < 4.78 is 26.1. The van der Waals surface area contributed by atoms with Gasteiger partial charge < -0.3 is 10.2 Å². The first kappa shape index (κ1) is 14.4. The number of benzene rings is 1. The lowest BCUT2D eigenvalue weighted by atomic mass is 10.2. The number of nitrogens with zero attached hydrogens (tertiary/aromatic N) is 1. The van der Waals surface area contributed by atoms with Crippen molar-refractivity contribution < 1.29 is 23.4 Å². The number of aliphatic hydroxyl groups excluding tert-OH is 1. The Kier molecular flexibility index (Phi) is 4.02. The van der Waals surface area contributed by atoms with Crippen molar-refractivity contribution in [2.45, 2.75) is 10.8 Å². The van der Waals surface area contributed by atoms with Gasteiger partial charge in [-0.25, -0.2) is 18.2 Å². The van der Waals surface area contributed by atoms with E-state index < -0.39 is 21.7 Å². The molecule has 1 aromatic heterocycles. The van der Waals surface area contributed by atoms with Gasteiger partial charge in [-0.2, -0.15) is 0 Å². The van der Waals surface area contributed by atoms with Crippen LogP contribution >= 0.6 is 11.3 Å². The molecule has 0 atom stereocenters. The summed E-state index contributed by atoms with van der Waals surface area (Å²) in [5.74, 6) is -1.40. The number of carbonyl (C=O) groups is 1. The molecule has 9 heteroatoms. The summed E-state index contributed by atoms with van der Waals surface area (Å²) in [5.41, 5.74) is 1.56. The fraction of sp³-hybridized carbons (Fsp3) is 0.0909. The summed E-state index contributed by atoms with van der Waals surface area (Å²) in [6.07, 6.45) is 0. The predicted molar refractivity (Wildman–Crippen MR) is 72.2 cm³/mol. The number of aromatic carboxylic acids is 1. The van der Waals surface area contributed by atoms with Gasteiger partial charge in [0.15, 0.2) is 9.90 Å². The minimum Gasteiger partial charge on any atom is -0.476 e. The second kappa shape index (κ2) is 5.57. The van der Waals surface area contributed by atoms with E-state index in [0.717, 1.165) is 16.8 Å².